The van der Waals surface area contributed by atoms with Crippen molar-refractivity contribution in [3.63, 3.8) is 0 Å². The Labute approximate surface area is 190 Å². The van der Waals surface area contributed by atoms with E-state index < -0.39 is 9.84 Å². The molecule has 0 aliphatic heterocycles. The van der Waals surface area contributed by atoms with Gasteiger partial charge in [-0.2, -0.15) is 0 Å². The van der Waals surface area contributed by atoms with Gasteiger partial charge in [0.1, 0.15) is 23.6 Å². The average Bonchev–Trinajstić information content (AvgIpc) is 3.34. The third kappa shape index (κ3) is 3.95. The van der Waals surface area contributed by atoms with Crippen LogP contribution in [0.2, 0.25) is 0 Å². The highest BCUT2D eigenvalue weighted by molar-refractivity contribution is 7.91. The van der Waals surface area contributed by atoms with E-state index in [1.165, 1.54) is 6.33 Å². The van der Waals surface area contributed by atoms with E-state index in [4.69, 9.17) is 10.2 Å². The fourth-order valence-corrected chi connectivity index (χ4v) is 4.91. The van der Waals surface area contributed by atoms with Gasteiger partial charge in [0.25, 0.3) is 0 Å². The number of nitrogens with zero attached hydrogens (tertiary/aromatic N) is 3. The van der Waals surface area contributed by atoms with Crippen molar-refractivity contribution < 1.29 is 12.8 Å². The van der Waals surface area contributed by atoms with E-state index in [0.717, 1.165) is 0 Å². The second kappa shape index (κ2) is 8.45. The van der Waals surface area contributed by atoms with Crippen LogP contribution >= 0.6 is 0 Å². The quantitative estimate of drug-likeness (QED) is 0.386. The molecule has 3 N–H and O–H groups in total. The fourth-order valence-electron chi connectivity index (χ4n) is 3.48. The summed E-state index contributed by atoms with van der Waals surface area (Å²) in [7, 11) is -3.74. The molecule has 0 atom stereocenters. The van der Waals surface area contributed by atoms with Crippen molar-refractivity contribution in [1.29, 1.82) is 0 Å². The van der Waals surface area contributed by atoms with Crippen LogP contribution in [0.15, 0.2) is 99.5 Å². The summed E-state index contributed by atoms with van der Waals surface area (Å²) in [5, 5.41) is 3.84. The van der Waals surface area contributed by atoms with E-state index in [1.807, 2.05) is 0 Å². The molecule has 0 saturated heterocycles. The van der Waals surface area contributed by atoms with Crippen molar-refractivity contribution in [3.05, 3.63) is 91.1 Å². The van der Waals surface area contributed by atoms with Gasteiger partial charge in [0.2, 0.25) is 9.84 Å². The Bertz CT molecular complexity index is 1550. The lowest BCUT2D eigenvalue weighted by Crippen LogP contribution is -2.06. The molecule has 8 nitrogen and oxygen atoms in total. The Balaban J connectivity index is 1.59. The molecule has 0 unspecified atom stereocenters. The summed E-state index contributed by atoms with van der Waals surface area (Å²) in [5.74, 6) is 1.67. The number of fused-ring (bicyclic) bond motifs is 1. The summed E-state index contributed by atoms with van der Waals surface area (Å²) in [5.41, 5.74) is 7.24. The predicted octanol–water partition coefficient (Wildman–Crippen LogP) is 4.32. The summed E-state index contributed by atoms with van der Waals surface area (Å²) in [4.78, 5) is 13.4. The number of rotatable bonds is 6. The molecule has 3 heterocycles. The first-order valence-electron chi connectivity index (χ1n) is 10.1. The van der Waals surface area contributed by atoms with Crippen LogP contribution in [0, 0.1) is 0 Å². The monoisotopic (exact) mass is 457 g/mol. The minimum atomic E-state index is -3.74. The summed E-state index contributed by atoms with van der Waals surface area (Å²) in [6.07, 6.45) is 3.02. The molecule has 0 saturated carbocycles. The molecule has 0 spiro atoms. The topological polar surface area (TPSA) is 124 Å². The molecule has 3 aromatic heterocycles. The molecule has 9 heteroatoms. The molecule has 0 aliphatic carbocycles. The second-order valence-corrected chi connectivity index (χ2v) is 9.13. The van der Waals surface area contributed by atoms with Gasteiger partial charge in [0.15, 0.2) is 5.76 Å². The molecule has 5 rings (SSSR count). The van der Waals surface area contributed by atoms with Crippen LogP contribution in [0.25, 0.3) is 22.4 Å². The zero-order chi connectivity index (χ0) is 22.8. The number of aromatic nitrogens is 3. The molecular formula is C24H19N5O3S. The lowest BCUT2D eigenvalue weighted by Gasteiger charge is -2.13. The van der Waals surface area contributed by atoms with Crippen LogP contribution in [-0.4, -0.2) is 23.4 Å². The number of nitrogens with one attached hydrogen (secondary N) is 1. The Kier molecular flexibility index (Phi) is 5.33. The van der Waals surface area contributed by atoms with Gasteiger partial charge in [-0.25, -0.2) is 18.4 Å². The molecule has 5 aromatic rings. The van der Waals surface area contributed by atoms with Gasteiger partial charge < -0.3 is 15.5 Å². The van der Waals surface area contributed by atoms with Crippen molar-refractivity contribution in [3.8, 4) is 11.5 Å². The molecule has 164 valence electrons. The highest BCUT2D eigenvalue weighted by atomic mass is 32.2. The molecular weight excluding hydrogens is 438 g/mol. The zero-order valence-corrected chi connectivity index (χ0v) is 18.2. The number of hydrogen-bond acceptors (Lipinski definition) is 8. The van der Waals surface area contributed by atoms with Crippen LogP contribution in [0.5, 0.6) is 0 Å². The minimum absolute atomic E-state index is 0.149. The minimum Gasteiger partial charge on any atom is -0.458 e. The fraction of sp³-hybridized carbons (Fsp3) is 0.0417. The summed E-state index contributed by atoms with van der Waals surface area (Å²) in [6.45, 7) is 0.288. The third-order valence-corrected chi connectivity index (χ3v) is 6.95. The van der Waals surface area contributed by atoms with Gasteiger partial charge in [0, 0.05) is 5.39 Å². The zero-order valence-electron chi connectivity index (χ0n) is 17.3. The number of nitrogens with two attached hydrogens (primary N) is 1. The maximum atomic E-state index is 13.3. The number of anilines is 2. The first-order valence-corrected chi connectivity index (χ1v) is 11.6. The highest BCUT2D eigenvalue weighted by Crippen LogP contribution is 2.32. The van der Waals surface area contributed by atoms with Crippen LogP contribution in [-0.2, 0) is 16.4 Å². The van der Waals surface area contributed by atoms with Crippen molar-refractivity contribution in [2.24, 2.45) is 5.73 Å². The van der Waals surface area contributed by atoms with Crippen LogP contribution in [0.4, 0.5) is 11.5 Å². The van der Waals surface area contributed by atoms with Crippen molar-refractivity contribution in [2.45, 2.75) is 16.3 Å². The number of furan rings is 1. The van der Waals surface area contributed by atoms with E-state index in [2.05, 4.69) is 20.3 Å². The molecule has 0 amide bonds. The van der Waals surface area contributed by atoms with Crippen LogP contribution < -0.4 is 11.1 Å². The first kappa shape index (κ1) is 20.8. The van der Waals surface area contributed by atoms with E-state index in [9.17, 15) is 8.42 Å². The van der Waals surface area contributed by atoms with E-state index in [-0.39, 0.29) is 16.3 Å². The number of benzene rings is 2. The van der Waals surface area contributed by atoms with Crippen molar-refractivity contribution in [1.82, 2.24) is 15.0 Å². The Morgan fingerprint density at radius 1 is 0.909 bits per heavy atom. The van der Waals surface area contributed by atoms with Crippen molar-refractivity contribution in [2.75, 3.05) is 5.32 Å². The lowest BCUT2D eigenvalue weighted by atomic mass is 10.2. The molecule has 2 aromatic carbocycles. The Morgan fingerprint density at radius 2 is 1.70 bits per heavy atom. The second-order valence-electron chi connectivity index (χ2n) is 7.22. The van der Waals surface area contributed by atoms with Gasteiger partial charge >= 0.3 is 0 Å². The number of pyridine rings is 1. The maximum Gasteiger partial charge on any atom is 0.208 e. The highest BCUT2D eigenvalue weighted by Gasteiger charge is 2.21. The summed E-state index contributed by atoms with van der Waals surface area (Å²) >= 11 is 0. The van der Waals surface area contributed by atoms with Gasteiger partial charge in [0.05, 0.1) is 33.7 Å². The SMILES string of the molecule is NCc1ccc(-c2cc3c(Nc4ccccc4S(=O)(=O)c4ccccc4)ncnc3cn2)o1. The third-order valence-electron chi connectivity index (χ3n) is 5.12. The summed E-state index contributed by atoms with van der Waals surface area (Å²) in [6, 6.07) is 20.4. The van der Waals surface area contributed by atoms with Gasteiger partial charge in [-0.1, -0.05) is 30.3 Å². The van der Waals surface area contributed by atoms with Crippen LogP contribution in [0.1, 0.15) is 5.76 Å². The number of hydrogen-bond donors (Lipinski definition) is 2. The molecule has 0 fully saturated rings. The smallest absolute Gasteiger partial charge is 0.208 e. The Hall–Kier alpha value is -4.08. The molecule has 0 radical (unpaired) electrons. The normalized spacial score (nSPS) is 11.5. The van der Waals surface area contributed by atoms with Gasteiger partial charge in [-0.05, 0) is 42.5 Å². The summed E-state index contributed by atoms with van der Waals surface area (Å²) < 4.78 is 32.3. The Morgan fingerprint density at radius 3 is 2.48 bits per heavy atom. The van der Waals surface area contributed by atoms with Crippen LogP contribution in [0.3, 0.4) is 0 Å². The van der Waals surface area contributed by atoms with E-state index in [1.54, 1.807) is 79.0 Å². The average molecular weight is 458 g/mol. The predicted molar refractivity (Wildman–Crippen MR) is 125 cm³/mol. The molecule has 33 heavy (non-hydrogen) atoms. The number of sulfone groups is 1. The van der Waals surface area contributed by atoms with Gasteiger partial charge in [-0.3, -0.25) is 4.98 Å². The first-order chi connectivity index (χ1) is 16.1. The van der Waals surface area contributed by atoms with Crippen molar-refractivity contribution >= 4 is 32.2 Å². The van der Waals surface area contributed by atoms with E-state index >= 15 is 0 Å². The van der Waals surface area contributed by atoms with E-state index in [0.29, 0.717) is 39.6 Å². The largest absolute Gasteiger partial charge is 0.458 e. The number of para-hydroxylation sites is 1. The molecule has 0 aliphatic rings. The maximum absolute atomic E-state index is 13.3. The lowest BCUT2D eigenvalue weighted by molar-refractivity contribution is 0.524. The van der Waals surface area contributed by atoms with Gasteiger partial charge in [-0.15, -0.1) is 0 Å². The molecule has 0 bridgehead atoms. The standard InChI is InChI=1S/C24H19N5O3S/c25-13-16-10-11-22(32-16)20-12-18-21(14-26-20)27-15-28-24(18)29-19-8-4-5-9-23(19)33(30,31)17-6-2-1-3-7-17/h1-12,14-15H,13,25H2,(H,27,28,29).